The summed E-state index contributed by atoms with van der Waals surface area (Å²) >= 11 is 11.5. The molecule has 1 aliphatic carbocycles. The van der Waals surface area contributed by atoms with Gasteiger partial charge in [-0.2, -0.15) is 12.6 Å². The fourth-order valence-electron chi connectivity index (χ4n) is 2.47. The van der Waals surface area contributed by atoms with Gasteiger partial charge in [0.15, 0.2) is 0 Å². The second-order valence-electron chi connectivity index (χ2n) is 5.08. The Kier molecular flexibility index (Phi) is 5.46. The van der Waals surface area contributed by atoms with E-state index < -0.39 is 0 Å². The molecule has 1 aromatic rings. The first-order chi connectivity index (χ1) is 8.65. The van der Waals surface area contributed by atoms with Gasteiger partial charge in [0.25, 0.3) is 0 Å². The summed E-state index contributed by atoms with van der Waals surface area (Å²) in [7, 11) is 0. The Morgan fingerprint density at radius 1 is 1.17 bits per heavy atom. The molecule has 4 heteroatoms. The molecule has 0 aromatic heterocycles. The van der Waals surface area contributed by atoms with Crippen molar-refractivity contribution in [3.8, 4) is 5.75 Å². The minimum absolute atomic E-state index is 0.272. The number of hydrogen-bond acceptors (Lipinski definition) is 2. The van der Waals surface area contributed by atoms with Gasteiger partial charge >= 0.3 is 0 Å². The molecule has 0 N–H and O–H groups in total. The highest BCUT2D eigenvalue weighted by atomic mass is 79.9. The van der Waals surface area contributed by atoms with Crippen LogP contribution < -0.4 is 4.74 Å². The summed E-state index contributed by atoms with van der Waals surface area (Å²) in [4.78, 5) is 0. The zero-order valence-corrected chi connectivity index (χ0v) is 14.4. The fraction of sp³-hybridized carbons (Fsp3) is 0.571. The zero-order chi connectivity index (χ0) is 13.0. The molecular formula is C14H18Br2OS. The highest BCUT2D eigenvalue weighted by Gasteiger charge is 2.31. The molecule has 1 aromatic carbocycles. The first kappa shape index (κ1) is 14.7. The molecule has 0 aliphatic heterocycles. The Balaban J connectivity index is 2.01. The van der Waals surface area contributed by atoms with E-state index in [9.17, 15) is 0 Å². The lowest BCUT2D eigenvalue weighted by atomic mass is 9.76. The number of thiol groups is 1. The number of ether oxygens (including phenoxy) is 1. The number of halogens is 2. The smallest absolute Gasteiger partial charge is 0.133 e. The molecule has 1 aliphatic rings. The van der Waals surface area contributed by atoms with E-state index in [1.54, 1.807) is 0 Å². The summed E-state index contributed by atoms with van der Waals surface area (Å²) in [5.74, 6) is 1.84. The van der Waals surface area contributed by atoms with Crippen LogP contribution in [0.5, 0.6) is 5.75 Å². The largest absolute Gasteiger partial charge is 0.492 e. The van der Waals surface area contributed by atoms with E-state index in [-0.39, 0.29) is 5.41 Å². The van der Waals surface area contributed by atoms with Gasteiger partial charge < -0.3 is 4.74 Å². The van der Waals surface area contributed by atoms with Gasteiger partial charge in [-0.05, 0) is 52.7 Å². The number of benzene rings is 1. The van der Waals surface area contributed by atoms with Crippen LogP contribution in [0.2, 0.25) is 0 Å². The van der Waals surface area contributed by atoms with E-state index in [1.165, 1.54) is 32.1 Å². The van der Waals surface area contributed by atoms with Gasteiger partial charge in [0.2, 0.25) is 0 Å². The van der Waals surface area contributed by atoms with Crippen molar-refractivity contribution in [2.24, 2.45) is 5.41 Å². The summed E-state index contributed by atoms with van der Waals surface area (Å²) in [5, 5.41) is 0. The van der Waals surface area contributed by atoms with Crippen molar-refractivity contribution in [1.29, 1.82) is 0 Å². The van der Waals surface area contributed by atoms with Crippen LogP contribution in [-0.4, -0.2) is 12.4 Å². The van der Waals surface area contributed by atoms with Crippen LogP contribution in [0, 0.1) is 5.41 Å². The van der Waals surface area contributed by atoms with E-state index in [0.717, 1.165) is 27.1 Å². The van der Waals surface area contributed by atoms with Crippen molar-refractivity contribution in [2.45, 2.75) is 32.1 Å². The fourth-order valence-corrected chi connectivity index (χ4v) is 4.04. The predicted molar refractivity (Wildman–Crippen MR) is 86.7 cm³/mol. The first-order valence-corrected chi connectivity index (χ1v) is 8.56. The Morgan fingerprint density at radius 3 is 2.50 bits per heavy atom. The van der Waals surface area contributed by atoms with E-state index >= 15 is 0 Å². The number of hydrogen-bond donors (Lipinski definition) is 1. The molecule has 0 heterocycles. The lowest BCUT2D eigenvalue weighted by Crippen LogP contribution is -2.33. The van der Waals surface area contributed by atoms with Crippen LogP contribution in [0.15, 0.2) is 27.1 Å². The quantitative estimate of drug-likeness (QED) is 0.667. The monoisotopic (exact) mass is 392 g/mol. The molecule has 18 heavy (non-hydrogen) atoms. The lowest BCUT2D eigenvalue weighted by Gasteiger charge is -2.35. The third-order valence-corrected chi connectivity index (χ3v) is 5.46. The number of rotatable bonds is 4. The maximum Gasteiger partial charge on any atom is 0.133 e. The van der Waals surface area contributed by atoms with Crippen molar-refractivity contribution in [3.05, 3.63) is 27.1 Å². The first-order valence-electron chi connectivity index (χ1n) is 6.34. The standard InChI is InChI=1S/C14H18Br2OS/c15-11-4-5-13(12(16)8-11)17-9-14(10-18)6-2-1-3-7-14/h4-5,8,18H,1-3,6-7,9-10H2. The molecule has 0 amide bonds. The molecule has 1 nitrogen and oxygen atoms in total. The van der Waals surface area contributed by atoms with Gasteiger partial charge in [0, 0.05) is 9.89 Å². The molecule has 0 bridgehead atoms. The normalized spacial score (nSPS) is 18.6. The predicted octanol–water partition coefficient (Wildman–Crippen LogP) is 5.47. The molecular weight excluding hydrogens is 376 g/mol. The van der Waals surface area contributed by atoms with Crippen LogP contribution in [0.3, 0.4) is 0 Å². The minimum atomic E-state index is 0.272. The van der Waals surface area contributed by atoms with E-state index in [0.29, 0.717) is 0 Å². The van der Waals surface area contributed by atoms with Gasteiger partial charge in [-0.25, -0.2) is 0 Å². The molecule has 100 valence electrons. The highest BCUT2D eigenvalue weighted by Crippen LogP contribution is 2.38. The topological polar surface area (TPSA) is 9.23 Å². The molecule has 0 unspecified atom stereocenters. The summed E-state index contributed by atoms with van der Waals surface area (Å²) in [6, 6.07) is 6.03. The SMILES string of the molecule is SCC1(COc2ccc(Br)cc2Br)CCCCC1. The summed E-state index contributed by atoms with van der Waals surface area (Å²) in [6.45, 7) is 0.775. The van der Waals surface area contributed by atoms with Crippen LogP contribution in [0.1, 0.15) is 32.1 Å². The van der Waals surface area contributed by atoms with Gasteiger partial charge in [0.1, 0.15) is 5.75 Å². The van der Waals surface area contributed by atoms with E-state index in [4.69, 9.17) is 4.74 Å². The summed E-state index contributed by atoms with van der Waals surface area (Å²) < 4.78 is 8.07. The molecule has 0 radical (unpaired) electrons. The second-order valence-corrected chi connectivity index (χ2v) is 7.17. The second kappa shape index (κ2) is 6.67. The van der Waals surface area contributed by atoms with Crippen LogP contribution in [0.4, 0.5) is 0 Å². The van der Waals surface area contributed by atoms with Gasteiger partial charge in [-0.3, -0.25) is 0 Å². The Hall–Kier alpha value is 0.330. The summed E-state index contributed by atoms with van der Waals surface area (Å²) in [6.07, 6.45) is 6.46. The van der Waals surface area contributed by atoms with Crippen molar-refractivity contribution < 1.29 is 4.74 Å². The van der Waals surface area contributed by atoms with Crippen LogP contribution >= 0.6 is 44.5 Å². The molecule has 1 fully saturated rings. The highest BCUT2D eigenvalue weighted by molar-refractivity contribution is 9.11. The average molecular weight is 394 g/mol. The molecule has 0 spiro atoms. The van der Waals surface area contributed by atoms with E-state index in [2.05, 4.69) is 44.5 Å². The minimum Gasteiger partial charge on any atom is -0.492 e. The summed E-state index contributed by atoms with van der Waals surface area (Å²) in [5.41, 5.74) is 0.272. The Bertz CT molecular complexity index is 403. The zero-order valence-electron chi connectivity index (χ0n) is 10.3. The van der Waals surface area contributed by atoms with Crippen molar-refractivity contribution in [2.75, 3.05) is 12.4 Å². The van der Waals surface area contributed by atoms with Gasteiger partial charge in [-0.15, -0.1) is 0 Å². The van der Waals surface area contributed by atoms with Gasteiger partial charge in [0.05, 0.1) is 11.1 Å². The Morgan fingerprint density at radius 2 is 1.89 bits per heavy atom. The van der Waals surface area contributed by atoms with Crippen molar-refractivity contribution >= 4 is 44.5 Å². The van der Waals surface area contributed by atoms with Crippen LogP contribution in [-0.2, 0) is 0 Å². The average Bonchev–Trinajstić information content (AvgIpc) is 2.39. The third-order valence-electron chi connectivity index (χ3n) is 3.68. The maximum atomic E-state index is 6.01. The molecule has 1 saturated carbocycles. The van der Waals surface area contributed by atoms with Crippen molar-refractivity contribution in [1.82, 2.24) is 0 Å². The van der Waals surface area contributed by atoms with Crippen LogP contribution in [0.25, 0.3) is 0 Å². The van der Waals surface area contributed by atoms with Crippen molar-refractivity contribution in [3.63, 3.8) is 0 Å². The molecule has 0 saturated heterocycles. The van der Waals surface area contributed by atoms with Gasteiger partial charge in [-0.1, -0.05) is 35.2 Å². The Labute approximate surface area is 131 Å². The maximum absolute atomic E-state index is 6.01. The molecule has 0 atom stereocenters. The third kappa shape index (κ3) is 3.67. The van der Waals surface area contributed by atoms with E-state index in [1.807, 2.05) is 18.2 Å². The molecule has 2 rings (SSSR count). The lowest BCUT2D eigenvalue weighted by molar-refractivity contribution is 0.120.